The van der Waals surface area contributed by atoms with E-state index in [4.69, 9.17) is 10.2 Å². The summed E-state index contributed by atoms with van der Waals surface area (Å²) in [4.78, 5) is 22.2. The third kappa shape index (κ3) is 3.84. The molecule has 0 atom stereocenters. The molecule has 0 radical (unpaired) electrons. The van der Waals surface area contributed by atoms with E-state index in [1.165, 1.54) is 0 Å². The molecule has 0 heterocycles. The van der Waals surface area contributed by atoms with Crippen LogP contribution in [0.4, 0.5) is 0 Å². The Morgan fingerprint density at radius 1 is 1.12 bits per heavy atom. The van der Waals surface area contributed by atoms with Gasteiger partial charge in [-0.1, -0.05) is 40.0 Å². The van der Waals surface area contributed by atoms with E-state index in [1.54, 1.807) is 13.8 Å². The van der Waals surface area contributed by atoms with Crippen LogP contribution in [0, 0.1) is 11.3 Å². The molecule has 0 aromatic carbocycles. The second kappa shape index (κ2) is 7.75. The molecular weight excluding hydrogens is 203 g/mol. The van der Waals surface area contributed by atoms with Crippen LogP contribution in [0.2, 0.25) is 0 Å². The van der Waals surface area contributed by atoms with Gasteiger partial charge in [-0.05, 0) is 12.3 Å². The van der Waals surface area contributed by atoms with Crippen molar-refractivity contribution in [1.29, 1.82) is 0 Å². The molecule has 0 fully saturated rings. The van der Waals surface area contributed by atoms with Crippen molar-refractivity contribution in [3.05, 3.63) is 0 Å². The van der Waals surface area contributed by atoms with Crippen molar-refractivity contribution in [1.82, 2.24) is 0 Å². The summed E-state index contributed by atoms with van der Waals surface area (Å²) in [5.41, 5.74) is -1.62. The number of carbonyl (C=O) groups is 2. The first kappa shape index (κ1) is 17.9. The predicted octanol–water partition coefficient (Wildman–Crippen LogP) is 1.73. The van der Waals surface area contributed by atoms with Gasteiger partial charge in [-0.2, -0.15) is 0 Å². The number of aliphatic carboxylic acids is 2. The van der Waals surface area contributed by atoms with E-state index in [0.717, 1.165) is 12.8 Å². The molecule has 0 saturated heterocycles. The van der Waals surface area contributed by atoms with Gasteiger partial charge in [0.15, 0.2) is 5.41 Å². The Bertz CT molecular complexity index is 224. The molecule has 0 amide bonds. The van der Waals surface area contributed by atoms with Crippen LogP contribution in [0.25, 0.3) is 0 Å². The first-order valence-electron chi connectivity index (χ1n) is 5.36. The molecule has 0 aliphatic rings. The Labute approximate surface area is 109 Å². The summed E-state index contributed by atoms with van der Waals surface area (Å²) in [6.07, 6.45) is 2.68. The summed E-state index contributed by atoms with van der Waals surface area (Å²) in [7, 11) is 0. The molecule has 0 bridgehead atoms. The average molecular weight is 224 g/mol. The third-order valence-electron chi connectivity index (χ3n) is 2.92. The van der Waals surface area contributed by atoms with Crippen LogP contribution < -0.4 is 0 Å². The van der Waals surface area contributed by atoms with Gasteiger partial charge in [0.2, 0.25) is 0 Å². The van der Waals surface area contributed by atoms with Crippen molar-refractivity contribution in [2.24, 2.45) is 11.3 Å². The van der Waals surface area contributed by atoms with Gasteiger partial charge in [0.25, 0.3) is 0 Å². The maximum atomic E-state index is 11.1. The fourth-order valence-corrected chi connectivity index (χ4v) is 1.74. The van der Waals surface area contributed by atoms with Crippen molar-refractivity contribution in [3.8, 4) is 0 Å². The van der Waals surface area contributed by atoms with Gasteiger partial charge in [0.1, 0.15) is 0 Å². The standard InChI is InChI=1S/C11H20O4.Li.H/c1-4-5-6-7-11(8(2)3,9(12)13)10(14)15;;/h8H,4-7H2,1-3H3,(H,12,13)(H,14,15);;. The molecule has 0 aliphatic heterocycles. The van der Waals surface area contributed by atoms with E-state index in [-0.39, 0.29) is 25.3 Å². The van der Waals surface area contributed by atoms with Crippen LogP contribution in [0.15, 0.2) is 0 Å². The zero-order valence-corrected chi connectivity index (χ0v) is 9.62. The SMILES string of the molecule is CCCCCC(C(=O)O)(C(=O)O)C(C)C.[LiH]. The molecule has 0 unspecified atom stereocenters. The molecular formula is C11H21LiO4. The zero-order valence-electron chi connectivity index (χ0n) is 9.62. The Morgan fingerprint density at radius 2 is 1.56 bits per heavy atom. The number of hydrogen-bond acceptors (Lipinski definition) is 2. The Balaban J connectivity index is 0. The van der Waals surface area contributed by atoms with Gasteiger partial charge >= 0.3 is 30.8 Å². The molecule has 90 valence electrons. The second-order valence-electron chi connectivity index (χ2n) is 4.19. The minimum atomic E-state index is -1.62. The van der Waals surface area contributed by atoms with E-state index >= 15 is 0 Å². The summed E-state index contributed by atoms with van der Waals surface area (Å²) in [6, 6.07) is 0. The zero-order chi connectivity index (χ0) is 12.1. The van der Waals surface area contributed by atoms with Gasteiger partial charge in [0.05, 0.1) is 0 Å². The number of carboxylic acids is 2. The molecule has 0 aliphatic carbocycles. The number of unbranched alkanes of at least 4 members (excludes halogenated alkanes) is 2. The normalized spacial score (nSPS) is 11.0. The van der Waals surface area contributed by atoms with E-state index in [2.05, 4.69) is 0 Å². The van der Waals surface area contributed by atoms with Crippen molar-refractivity contribution < 1.29 is 19.8 Å². The third-order valence-corrected chi connectivity index (χ3v) is 2.92. The van der Waals surface area contributed by atoms with Gasteiger partial charge in [-0.25, -0.2) is 0 Å². The summed E-state index contributed by atoms with van der Waals surface area (Å²) in [5.74, 6) is -2.84. The Hall–Kier alpha value is -0.463. The van der Waals surface area contributed by atoms with Gasteiger partial charge < -0.3 is 10.2 Å². The van der Waals surface area contributed by atoms with E-state index < -0.39 is 23.3 Å². The van der Waals surface area contributed by atoms with E-state index in [1.807, 2.05) is 6.92 Å². The quantitative estimate of drug-likeness (QED) is 0.392. The summed E-state index contributed by atoms with van der Waals surface area (Å²) in [5, 5.41) is 18.2. The minimum absolute atomic E-state index is 0. The maximum absolute atomic E-state index is 11.1. The monoisotopic (exact) mass is 224 g/mol. The van der Waals surface area contributed by atoms with E-state index in [0.29, 0.717) is 6.42 Å². The van der Waals surface area contributed by atoms with Gasteiger partial charge in [0, 0.05) is 0 Å². The summed E-state index contributed by atoms with van der Waals surface area (Å²) < 4.78 is 0. The fourth-order valence-electron chi connectivity index (χ4n) is 1.74. The van der Waals surface area contributed by atoms with Crippen LogP contribution >= 0.6 is 0 Å². The van der Waals surface area contributed by atoms with Crippen LogP contribution in [0.3, 0.4) is 0 Å². The first-order chi connectivity index (χ1) is 6.89. The van der Waals surface area contributed by atoms with Crippen molar-refractivity contribution in [2.45, 2.75) is 46.5 Å². The molecule has 0 aromatic heterocycles. The van der Waals surface area contributed by atoms with Crippen LogP contribution in [-0.4, -0.2) is 41.0 Å². The topological polar surface area (TPSA) is 74.6 Å². The molecule has 16 heavy (non-hydrogen) atoms. The van der Waals surface area contributed by atoms with E-state index in [9.17, 15) is 9.59 Å². The molecule has 0 rings (SSSR count). The number of hydrogen-bond donors (Lipinski definition) is 2. The van der Waals surface area contributed by atoms with Gasteiger partial charge in [-0.15, -0.1) is 0 Å². The Kier molecular flexibility index (Phi) is 8.68. The number of carboxylic acid groups (broad SMARTS) is 2. The molecule has 0 spiro atoms. The van der Waals surface area contributed by atoms with Crippen LogP contribution in [0.1, 0.15) is 46.5 Å². The van der Waals surface area contributed by atoms with Crippen molar-refractivity contribution in [2.75, 3.05) is 0 Å². The predicted molar refractivity (Wildman–Crippen MR) is 63.8 cm³/mol. The Morgan fingerprint density at radius 3 is 1.81 bits per heavy atom. The van der Waals surface area contributed by atoms with Gasteiger partial charge in [-0.3, -0.25) is 9.59 Å². The van der Waals surface area contributed by atoms with Crippen molar-refractivity contribution in [3.63, 3.8) is 0 Å². The molecule has 2 N–H and O–H groups in total. The summed E-state index contributed by atoms with van der Waals surface area (Å²) >= 11 is 0. The number of rotatable bonds is 7. The average Bonchev–Trinajstić information content (AvgIpc) is 2.10. The molecule has 4 nitrogen and oxygen atoms in total. The van der Waals surface area contributed by atoms with Crippen LogP contribution in [-0.2, 0) is 9.59 Å². The fraction of sp³-hybridized carbons (Fsp3) is 0.818. The second-order valence-corrected chi connectivity index (χ2v) is 4.19. The molecule has 0 aromatic rings. The van der Waals surface area contributed by atoms with Crippen LogP contribution in [0.5, 0.6) is 0 Å². The molecule has 0 saturated carbocycles. The molecule has 5 heteroatoms. The first-order valence-corrected chi connectivity index (χ1v) is 5.36. The summed E-state index contributed by atoms with van der Waals surface area (Å²) in [6.45, 7) is 5.29. The van der Waals surface area contributed by atoms with Crippen molar-refractivity contribution >= 4 is 30.8 Å².